The minimum Gasteiger partial charge on any atom is -0.310 e. The smallest absolute Gasteiger partial charge is 0.0339 e. The number of thiophene rings is 1. The van der Waals surface area contributed by atoms with Crippen molar-refractivity contribution in [3.05, 3.63) is 20.8 Å². The fraction of sp³-hybridized carbons (Fsp3) is 0.667. The lowest BCUT2D eigenvalue weighted by molar-refractivity contribution is 0.319. The van der Waals surface area contributed by atoms with Gasteiger partial charge in [-0.15, -0.1) is 11.3 Å². The lowest BCUT2D eigenvalue weighted by Crippen LogP contribution is -2.36. The average Bonchev–Trinajstić information content (AvgIpc) is 2.77. The molecule has 2 nitrogen and oxygen atoms in total. The lowest BCUT2D eigenvalue weighted by atomic mass is 10.2. The van der Waals surface area contributed by atoms with Crippen molar-refractivity contribution in [2.75, 3.05) is 13.1 Å². The molecule has 1 fully saturated rings. The SMILES string of the molecule is CC(C)NC1CCN(Cc2sccc2Br)C1. The van der Waals surface area contributed by atoms with E-state index in [0.717, 1.165) is 6.54 Å². The van der Waals surface area contributed by atoms with Crippen LogP contribution >= 0.6 is 27.3 Å². The zero-order chi connectivity index (χ0) is 11.5. The highest BCUT2D eigenvalue weighted by atomic mass is 79.9. The summed E-state index contributed by atoms with van der Waals surface area (Å²) in [4.78, 5) is 3.99. The average molecular weight is 303 g/mol. The molecule has 0 bridgehead atoms. The third-order valence-corrected chi connectivity index (χ3v) is 4.81. The van der Waals surface area contributed by atoms with Crippen LogP contribution in [0.15, 0.2) is 15.9 Å². The predicted octanol–water partition coefficient (Wildman–Crippen LogP) is 3.08. The van der Waals surface area contributed by atoms with Gasteiger partial charge >= 0.3 is 0 Å². The first-order valence-corrected chi connectivity index (χ1v) is 7.52. The molecule has 1 atom stereocenters. The zero-order valence-corrected chi connectivity index (χ0v) is 12.3. The Balaban J connectivity index is 1.83. The molecule has 1 N–H and O–H groups in total. The van der Waals surface area contributed by atoms with Crippen molar-refractivity contribution in [1.82, 2.24) is 10.2 Å². The summed E-state index contributed by atoms with van der Waals surface area (Å²) in [6, 6.07) is 3.41. The molecule has 1 aromatic rings. The van der Waals surface area contributed by atoms with Gasteiger partial charge in [-0.3, -0.25) is 4.90 Å². The molecule has 0 aromatic carbocycles. The maximum Gasteiger partial charge on any atom is 0.0339 e. The van der Waals surface area contributed by atoms with Gasteiger partial charge < -0.3 is 5.32 Å². The Hall–Kier alpha value is 0.100. The van der Waals surface area contributed by atoms with Crippen molar-refractivity contribution in [1.29, 1.82) is 0 Å². The molecule has 0 spiro atoms. The molecule has 0 saturated carbocycles. The van der Waals surface area contributed by atoms with Gasteiger partial charge in [0.25, 0.3) is 0 Å². The quantitative estimate of drug-likeness (QED) is 0.919. The minimum atomic E-state index is 0.596. The number of nitrogens with one attached hydrogen (secondary N) is 1. The third kappa shape index (κ3) is 3.29. The van der Waals surface area contributed by atoms with Gasteiger partial charge in [0.1, 0.15) is 0 Å². The van der Waals surface area contributed by atoms with Gasteiger partial charge in [0, 0.05) is 41.1 Å². The Morgan fingerprint density at radius 2 is 2.44 bits per heavy atom. The van der Waals surface area contributed by atoms with Crippen LogP contribution in [0.1, 0.15) is 25.1 Å². The molecular formula is C12H19BrN2S. The number of rotatable bonds is 4. The van der Waals surface area contributed by atoms with Crippen LogP contribution in [0.25, 0.3) is 0 Å². The second-order valence-corrected chi connectivity index (χ2v) is 6.59. The number of hydrogen-bond acceptors (Lipinski definition) is 3. The van der Waals surface area contributed by atoms with Crippen LogP contribution in [0.2, 0.25) is 0 Å². The molecule has 1 aromatic heterocycles. The van der Waals surface area contributed by atoms with Gasteiger partial charge in [-0.25, -0.2) is 0 Å². The van der Waals surface area contributed by atoms with Crippen molar-refractivity contribution < 1.29 is 0 Å². The van der Waals surface area contributed by atoms with Gasteiger partial charge in [0.05, 0.1) is 0 Å². The largest absolute Gasteiger partial charge is 0.310 e. The first-order valence-electron chi connectivity index (χ1n) is 5.85. The monoisotopic (exact) mass is 302 g/mol. The van der Waals surface area contributed by atoms with Gasteiger partial charge in [-0.1, -0.05) is 13.8 Å². The lowest BCUT2D eigenvalue weighted by Gasteiger charge is -2.17. The molecule has 1 aliphatic heterocycles. The third-order valence-electron chi connectivity index (χ3n) is 2.90. The van der Waals surface area contributed by atoms with E-state index in [4.69, 9.17) is 0 Å². The normalized spacial score (nSPS) is 22.1. The second kappa shape index (κ2) is 5.63. The van der Waals surface area contributed by atoms with Gasteiger partial charge in [-0.05, 0) is 33.8 Å². The topological polar surface area (TPSA) is 15.3 Å². The van der Waals surface area contributed by atoms with E-state index in [1.807, 2.05) is 11.3 Å². The van der Waals surface area contributed by atoms with E-state index in [9.17, 15) is 0 Å². The molecule has 1 aliphatic rings. The van der Waals surface area contributed by atoms with Crippen LogP contribution in [-0.2, 0) is 6.54 Å². The minimum absolute atomic E-state index is 0.596. The highest BCUT2D eigenvalue weighted by Gasteiger charge is 2.23. The molecular weight excluding hydrogens is 284 g/mol. The summed E-state index contributed by atoms with van der Waals surface area (Å²) in [5, 5.41) is 5.77. The standard InChI is InChI=1S/C12H19BrN2S/c1-9(2)14-10-3-5-15(7-10)8-12-11(13)4-6-16-12/h4,6,9-10,14H,3,5,7-8H2,1-2H3. The molecule has 2 rings (SSSR count). The summed E-state index contributed by atoms with van der Waals surface area (Å²) in [6.07, 6.45) is 1.28. The number of likely N-dealkylation sites (tertiary alicyclic amines) is 1. The van der Waals surface area contributed by atoms with Gasteiger partial charge in [0.15, 0.2) is 0 Å². The summed E-state index contributed by atoms with van der Waals surface area (Å²) in [5.41, 5.74) is 0. The summed E-state index contributed by atoms with van der Waals surface area (Å²) in [6.45, 7) is 7.93. The number of nitrogens with zero attached hydrogens (tertiary/aromatic N) is 1. The van der Waals surface area contributed by atoms with E-state index in [2.05, 4.69) is 51.4 Å². The highest BCUT2D eigenvalue weighted by Crippen LogP contribution is 2.25. The van der Waals surface area contributed by atoms with Gasteiger partial charge in [0.2, 0.25) is 0 Å². The molecule has 4 heteroatoms. The Bertz CT molecular complexity index is 338. The van der Waals surface area contributed by atoms with E-state index in [-0.39, 0.29) is 0 Å². The second-order valence-electron chi connectivity index (χ2n) is 4.73. The molecule has 90 valence electrons. The molecule has 2 heterocycles. The van der Waals surface area contributed by atoms with Crippen LogP contribution in [0.3, 0.4) is 0 Å². The molecule has 16 heavy (non-hydrogen) atoms. The first kappa shape index (κ1) is 12.6. The zero-order valence-electron chi connectivity index (χ0n) is 9.87. The maximum absolute atomic E-state index is 3.62. The van der Waals surface area contributed by atoms with Crippen LogP contribution in [-0.4, -0.2) is 30.1 Å². The number of halogens is 1. The molecule has 0 radical (unpaired) electrons. The maximum atomic E-state index is 3.62. The van der Waals surface area contributed by atoms with Crippen molar-refractivity contribution in [2.45, 2.75) is 38.9 Å². The predicted molar refractivity (Wildman–Crippen MR) is 74.0 cm³/mol. The molecule has 1 unspecified atom stereocenters. The van der Waals surface area contributed by atoms with Crippen molar-refractivity contribution in [2.24, 2.45) is 0 Å². The summed E-state index contributed by atoms with van der Waals surface area (Å²) < 4.78 is 1.26. The van der Waals surface area contributed by atoms with Crippen molar-refractivity contribution in [3.8, 4) is 0 Å². The molecule has 0 amide bonds. The van der Waals surface area contributed by atoms with E-state index < -0.39 is 0 Å². The Morgan fingerprint density at radius 1 is 1.62 bits per heavy atom. The van der Waals surface area contributed by atoms with Crippen LogP contribution < -0.4 is 5.32 Å². The molecule has 1 saturated heterocycles. The van der Waals surface area contributed by atoms with Crippen molar-refractivity contribution >= 4 is 27.3 Å². The summed E-state index contributed by atoms with van der Waals surface area (Å²) in [5.74, 6) is 0. The van der Waals surface area contributed by atoms with Gasteiger partial charge in [-0.2, -0.15) is 0 Å². The summed E-state index contributed by atoms with van der Waals surface area (Å²) >= 11 is 5.44. The first-order chi connectivity index (χ1) is 7.65. The van der Waals surface area contributed by atoms with Crippen LogP contribution in [0.4, 0.5) is 0 Å². The Kier molecular flexibility index (Phi) is 4.41. The van der Waals surface area contributed by atoms with E-state index >= 15 is 0 Å². The Morgan fingerprint density at radius 3 is 3.06 bits per heavy atom. The van der Waals surface area contributed by atoms with E-state index in [0.29, 0.717) is 12.1 Å². The molecule has 0 aliphatic carbocycles. The van der Waals surface area contributed by atoms with E-state index in [1.165, 1.54) is 28.9 Å². The highest BCUT2D eigenvalue weighted by molar-refractivity contribution is 9.10. The fourth-order valence-electron chi connectivity index (χ4n) is 2.22. The van der Waals surface area contributed by atoms with E-state index in [1.54, 1.807) is 0 Å². The van der Waals surface area contributed by atoms with Crippen LogP contribution in [0, 0.1) is 0 Å². The van der Waals surface area contributed by atoms with Crippen LogP contribution in [0.5, 0.6) is 0 Å². The van der Waals surface area contributed by atoms with Crippen molar-refractivity contribution in [3.63, 3.8) is 0 Å². The summed E-state index contributed by atoms with van der Waals surface area (Å²) in [7, 11) is 0. The Labute approximate surface area is 110 Å². The number of hydrogen-bond donors (Lipinski definition) is 1. The fourth-order valence-corrected chi connectivity index (χ4v) is 3.74.